The second kappa shape index (κ2) is 8.20. The van der Waals surface area contributed by atoms with E-state index in [0.717, 1.165) is 24.8 Å². The molecule has 0 bridgehead atoms. The fourth-order valence-electron chi connectivity index (χ4n) is 3.33. The van der Waals surface area contributed by atoms with Crippen molar-refractivity contribution in [2.45, 2.75) is 51.2 Å². The van der Waals surface area contributed by atoms with E-state index in [2.05, 4.69) is 15.5 Å². The van der Waals surface area contributed by atoms with E-state index in [1.54, 1.807) is 13.2 Å². The molecule has 0 radical (unpaired) electrons. The molecule has 0 saturated heterocycles. The standard InChI is InChI=1S/C19H23N3O5/c1-13(23)21-19(9-4-3-5-10-19)18(24)26-12-16-20-17(22-27-16)14-7-6-8-15(11-14)25-2/h6-8,11H,3-5,9-10,12H2,1-2H3,(H,21,23). The molecule has 1 N–H and O–H groups in total. The van der Waals surface area contributed by atoms with Crippen LogP contribution in [-0.4, -0.2) is 34.7 Å². The molecular formula is C19H23N3O5. The minimum atomic E-state index is -0.959. The maximum Gasteiger partial charge on any atom is 0.332 e. The average Bonchev–Trinajstić information content (AvgIpc) is 3.15. The normalized spacial score (nSPS) is 15.8. The average molecular weight is 373 g/mol. The topological polar surface area (TPSA) is 104 Å². The summed E-state index contributed by atoms with van der Waals surface area (Å²) in [6.45, 7) is 1.26. The molecule has 1 aromatic carbocycles. The Hall–Kier alpha value is -2.90. The molecule has 0 unspecified atom stereocenters. The first kappa shape index (κ1) is 18.9. The lowest BCUT2D eigenvalue weighted by molar-refractivity contribution is -0.157. The molecule has 1 aromatic heterocycles. The lowest BCUT2D eigenvalue weighted by atomic mass is 9.81. The van der Waals surface area contributed by atoms with Crippen molar-refractivity contribution in [3.63, 3.8) is 0 Å². The smallest absolute Gasteiger partial charge is 0.332 e. The van der Waals surface area contributed by atoms with Crippen molar-refractivity contribution >= 4 is 11.9 Å². The number of carbonyl (C=O) groups excluding carboxylic acids is 2. The number of hydrogen-bond donors (Lipinski definition) is 1. The van der Waals surface area contributed by atoms with Gasteiger partial charge < -0.3 is 19.3 Å². The number of aromatic nitrogens is 2. The number of benzene rings is 1. The number of amides is 1. The number of esters is 1. The van der Waals surface area contributed by atoms with Gasteiger partial charge in [0, 0.05) is 12.5 Å². The predicted molar refractivity (Wildman–Crippen MR) is 95.7 cm³/mol. The van der Waals surface area contributed by atoms with E-state index in [1.807, 2.05) is 18.2 Å². The van der Waals surface area contributed by atoms with E-state index in [1.165, 1.54) is 6.92 Å². The van der Waals surface area contributed by atoms with Crippen LogP contribution in [0.15, 0.2) is 28.8 Å². The van der Waals surface area contributed by atoms with Gasteiger partial charge in [-0.25, -0.2) is 4.79 Å². The largest absolute Gasteiger partial charge is 0.497 e. The van der Waals surface area contributed by atoms with Gasteiger partial charge in [0.25, 0.3) is 5.89 Å². The molecule has 2 aromatic rings. The van der Waals surface area contributed by atoms with Gasteiger partial charge >= 0.3 is 5.97 Å². The number of ether oxygens (including phenoxy) is 2. The minimum Gasteiger partial charge on any atom is -0.497 e. The monoisotopic (exact) mass is 373 g/mol. The molecule has 1 aliphatic carbocycles. The summed E-state index contributed by atoms with van der Waals surface area (Å²) in [6, 6.07) is 7.26. The van der Waals surface area contributed by atoms with Crippen LogP contribution < -0.4 is 10.1 Å². The summed E-state index contributed by atoms with van der Waals surface area (Å²) in [7, 11) is 1.58. The Bertz CT molecular complexity index is 811. The Morgan fingerprint density at radius 2 is 2.04 bits per heavy atom. The minimum absolute atomic E-state index is 0.142. The summed E-state index contributed by atoms with van der Waals surface area (Å²) < 4.78 is 15.8. The summed E-state index contributed by atoms with van der Waals surface area (Å²) in [5.74, 6) is 0.550. The van der Waals surface area contributed by atoms with Crippen LogP contribution in [0.1, 0.15) is 44.9 Å². The van der Waals surface area contributed by atoms with Crippen molar-refractivity contribution in [3.05, 3.63) is 30.2 Å². The van der Waals surface area contributed by atoms with E-state index >= 15 is 0 Å². The molecule has 1 fully saturated rings. The van der Waals surface area contributed by atoms with E-state index in [9.17, 15) is 9.59 Å². The predicted octanol–water partition coefficient (Wildman–Crippen LogP) is 2.63. The number of nitrogens with one attached hydrogen (secondary N) is 1. The lowest BCUT2D eigenvalue weighted by Crippen LogP contribution is -2.55. The van der Waals surface area contributed by atoms with Crippen molar-refractivity contribution < 1.29 is 23.6 Å². The number of rotatable bonds is 6. The summed E-state index contributed by atoms with van der Waals surface area (Å²) in [5.41, 5.74) is -0.225. The van der Waals surface area contributed by atoms with Crippen molar-refractivity contribution in [2.24, 2.45) is 0 Å². The maximum atomic E-state index is 12.6. The van der Waals surface area contributed by atoms with Crippen LogP contribution in [0.5, 0.6) is 5.75 Å². The fourth-order valence-corrected chi connectivity index (χ4v) is 3.33. The Morgan fingerprint density at radius 3 is 2.74 bits per heavy atom. The van der Waals surface area contributed by atoms with Gasteiger partial charge in [-0.05, 0) is 25.0 Å². The maximum absolute atomic E-state index is 12.6. The zero-order valence-corrected chi connectivity index (χ0v) is 15.5. The molecular weight excluding hydrogens is 350 g/mol. The van der Waals surface area contributed by atoms with Gasteiger partial charge in [-0.3, -0.25) is 4.79 Å². The number of hydrogen-bond acceptors (Lipinski definition) is 7. The molecule has 8 nitrogen and oxygen atoms in total. The van der Waals surface area contributed by atoms with E-state index in [0.29, 0.717) is 24.4 Å². The fraction of sp³-hybridized carbons (Fsp3) is 0.474. The van der Waals surface area contributed by atoms with Crippen LogP contribution in [0, 0.1) is 0 Å². The number of carbonyl (C=O) groups is 2. The molecule has 0 atom stereocenters. The molecule has 3 rings (SSSR count). The first-order valence-corrected chi connectivity index (χ1v) is 8.95. The highest BCUT2D eigenvalue weighted by molar-refractivity contribution is 5.87. The summed E-state index contributed by atoms with van der Waals surface area (Å²) in [4.78, 5) is 28.4. The van der Waals surface area contributed by atoms with Gasteiger partial charge in [-0.1, -0.05) is 36.6 Å². The van der Waals surface area contributed by atoms with E-state index < -0.39 is 11.5 Å². The van der Waals surface area contributed by atoms with Crippen molar-refractivity contribution in [3.8, 4) is 17.1 Å². The van der Waals surface area contributed by atoms with Gasteiger partial charge in [0.2, 0.25) is 11.7 Å². The van der Waals surface area contributed by atoms with Crippen molar-refractivity contribution in [2.75, 3.05) is 7.11 Å². The Kier molecular flexibility index (Phi) is 5.73. The highest BCUT2D eigenvalue weighted by Crippen LogP contribution is 2.30. The van der Waals surface area contributed by atoms with E-state index in [4.69, 9.17) is 14.0 Å². The summed E-state index contributed by atoms with van der Waals surface area (Å²) in [6.07, 6.45) is 3.93. The third-order valence-corrected chi connectivity index (χ3v) is 4.64. The first-order valence-electron chi connectivity index (χ1n) is 8.95. The highest BCUT2D eigenvalue weighted by Gasteiger charge is 2.42. The second-order valence-corrected chi connectivity index (χ2v) is 6.64. The number of methoxy groups -OCH3 is 1. The Morgan fingerprint density at radius 1 is 1.26 bits per heavy atom. The number of nitrogens with zero attached hydrogens (tertiary/aromatic N) is 2. The lowest BCUT2D eigenvalue weighted by Gasteiger charge is -2.35. The summed E-state index contributed by atoms with van der Waals surface area (Å²) in [5, 5.41) is 6.70. The van der Waals surface area contributed by atoms with Crippen molar-refractivity contribution in [1.82, 2.24) is 15.5 Å². The molecule has 1 saturated carbocycles. The summed E-state index contributed by atoms with van der Waals surface area (Å²) >= 11 is 0. The van der Waals surface area contributed by atoms with Crippen LogP contribution in [0.3, 0.4) is 0 Å². The molecule has 0 aliphatic heterocycles. The van der Waals surface area contributed by atoms with Crippen LogP contribution >= 0.6 is 0 Å². The highest BCUT2D eigenvalue weighted by atomic mass is 16.6. The third kappa shape index (κ3) is 4.45. The van der Waals surface area contributed by atoms with Crippen LogP contribution in [0.25, 0.3) is 11.4 Å². The first-order chi connectivity index (χ1) is 13.0. The Labute approximate surface area is 157 Å². The molecule has 0 spiro atoms. The molecule has 1 aliphatic rings. The van der Waals surface area contributed by atoms with Crippen molar-refractivity contribution in [1.29, 1.82) is 0 Å². The van der Waals surface area contributed by atoms with Crippen LogP contribution in [0.2, 0.25) is 0 Å². The van der Waals surface area contributed by atoms with Gasteiger partial charge in [-0.2, -0.15) is 4.98 Å². The van der Waals surface area contributed by atoms with Crippen LogP contribution in [0.4, 0.5) is 0 Å². The SMILES string of the molecule is COc1cccc(-c2noc(COC(=O)C3(NC(C)=O)CCCCC3)n2)c1. The zero-order valence-electron chi connectivity index (χ0n) is 15.5. The quantitative estimate of drug-likeness (QED) is 0.776. The molecule has 27 heavy (non-hydrogen) atoms. The molecule has 144 valence electrons. The molecule has 1 heterocycles. The van der Waals surface area contributed by atoms with Gasteiger partial charge in [0.05, 0.1) is 7.11 Å². The molecule has 1 amide bonds. The van der Waals surface area contributed by atoms with Gasteiger partial charge in [0.15, 0.2) is 6.61 Å². The van der Waals surface area contributed by atoms with E-state index in [-0.39, 0.29) is 18.4 Å². The van der Waals surface area contributed by atoms with Crippen LogP contribution in [-0.2, 0) is 20.9 Å². The molecule has 8 heteroatoms. The van der Waals surface area contributed by atoms with Gasteiger partial charge in [0.1, 0.15) is 11.3 Å². The Balaban J connectivity index is 1.66. The second-order valence-electron chi connectivity index (χ2n) is 6.64. The zero-order chi connectivity index (χ0) is 19.3. The third-order valence-electron chi connectivity index (χ3n) is 4.64. The van der Waals surface area contributed by atoms with Gasteiger partial charge in [-0.15, -0.1) is 0 Å².